The molecule has 0 saturated carbocycles. The molecule has 3 aromatic rings. The van der Waals surface area contributed by atoms with E-state index in [0.29, 0.717) is 5.56 Å². The van der Waals surface area contributed by atoms with Crippen molar-refractivity contribution in [3.63, 3.8) is 0 Å². The SMILES string of the molecule is O=C1OCc2ccccc2OC(=O)c2cccc([N+](=O)[O-])c2-c2occc21. The first kappa shape index (κ1) is 16.5. The molecule has 0 aliphatic carbocycles. The predicted molar refractivity (Wildman–Crippen MR) is 91.3 cm³/mol. The molecule has 0 radical (unpaired) electrons. The van der Waals surface area contributed by atoms with Gasteiger partial charge in [-0.25, -0.2) is 9.59 Å². The molecule has 0 saturated heterocycles. The van der Waals surface area contributed by atoms with Crippen LogP contribution in [-0.4, -0.2) is 16.9 Å². The van der Waals surface area contributed by atoms with Gasteiger partial charge in [0.2, 0.25) is 0 Å². The zero-order chi connectivity index (χ0) is 19.0. The average Bonchev–Trinajstić information content (AvgIpc) is 3.15. The normalized spacial score (nSPS) is 13.3. The minimum absolute atomic E-state index is 0.0160. The Morgan fingerprint density at radius 1 is 0.926 bits per heavy atom. The minimum Gasteiger partial charge on any atom is -0.463 e. The van der Waals surface area contributed by atoms with Crippen LogP contribution in [0.1, 0.15) is 26.3 Å². The Morgan fingerprint density at radius 2 is 1.74 bits per heavy atom. The van der Waals surface area contributed by atoms with Gasteiger partial charge in [-0.05, 0) is 18.2 Å². The van der Waals surface area contributed by atoms with Crippen LogP contribution in [0.25, 0.3) is 11.3 Å². The van der Waals surface area contributed by atoms with Crippen LogP contribution >= 0.6 is 0 Å². The number of nitrogens with zero attached hydrogens (tertiary/aromatic N) is 1. The number of hydrogen-bond donors (Lipinski definition) is 0. The number of carbonyl (C=O) groups is 2. The third-order valence-electron chi connectivity index (χ3n) is 4.11. The highest BCUT2D eigenvalue weighted by Gasteiger charge is 2.31. The second kappa shape index (κ2) is 6.41. The molecule has 0 unspecified atom stereocenters. The summed E-state index contributed by atoms with van der Waals surface area (Å²) in [5, 5.41) is 11.5. The fourth-order valence-electron chi connectivity index (χ4n) is 2.86. The largest absolute Gasteiger partial charge is 0.463 e. The van der Waals surface area contributed by atoms with Crippen molar-refractivity contribution in [3.05, 3.63) is 81.6 Å². The molecule has 1 aliphatic rings. The first-order chi connectivity index (χ1) is 13.1. The van der Waals surface area contributed by atoms with E-state index >= 15 is 0 Å². The molecule has 1 aromatic heterocycles. The molecule has 4 rings (SSSR count). The van der Waals surface area contributed by atoms with Crippen molar-refractivity contribution in [1.29, 1.82) is 0 Å². The summed E-state index contributed by atoms with van der Waals surface area (Å²) in [6, 6.07) is 11.9. The van der Waals surface area contributed by atoms with Crippen molar-refractivity contribution in [2.75, 3.05) is 0 Å². The molecule has 0 spiro atoms. The van der Waals surface area contributed by atoms with Gasteiger partial charge < -0.3 is 13.9 Å². The van der Waals surface area contributed by atoms with Crippen molar-refractivity contribution < 1.29 is 28.4 Å². The summed E-state index contributed by atoms with van der Waals surface area (Å²) in [7, 11) is 0. The number of nitro groups is 1. The molecule has 134 valence electrons. The van der Waals surface area contributed by atoms with Crippen LogP contribution in [0, 0.1) is 10.1 Å². The first-order valence-electron chi connectivity index (χ1n) is 7.88. The summed E-state index contributed by atoms with van der Waals surface area (Å²) in [5.74, 6) is -1.46. The summed E-state index contributed by atoms with van der Waals surface area (Å²) < 4.78 is 16.0. The third-order valence-corrected chi connectivity index (χ3v) is 4.11. The number of fused-ring (bicyclic) bond motifs is 4. The molecule has 1 aliphatic heterocycles. The van der Waals surface area contributed by atoms with Crippen molar-refractivity contribution in [3.8, 4) is 17.1 Å². The Bertz CT molecular complexity index is 1080. The Kier molecular flexibility index (Phi) is 3.92. The maximum atomic E-state index is 12.8. The summed E-state index contributed by atoms with van der Waals surface area (Å²) in [6.45, 7) is -0.134. The monoisotopic (exact) mass is 365 g/mol. The second-order valence-corrected chi connectivity index (χ2v) is 5.69. The summed E-state index contributed by atoms with van der Waals surface area (Å²) in [5.41, 5.74) is -0.148. The topological polar surface area (TPSA) is 109 Å². The van der Waals surface area contributed by atoms with Gasteiger partial charge in [0.25, 0.3) is 5.69 Å². The van der Waals surface area contributed by atoms with Crippen LogP contribution in [-0.2, 0) is 11.3 Å². The number of carbonyl (C=O) groups excluding carboxylic acids is 2. The van der Waals surface area contributed by atoms with Gasteiger partial charge in [0, 0.05) is 11.6 Å². The number of nitro benzene ring substituents is 1. The summed E-state index contributed by atoms with van der Waals surface area (Å²) in [6.07, 6.45) is 1.21. The summed E-state index contributed by atoms with van der Waals surface area (Å²) in [4.78, 5) is 36.1. The fraction of sp³-hybridized carbons (Fsp3) is 0.0526. The van der Waals surface area contributed by atoms with E-state index < -0.39 is 16.9 Å². The van der Waals surface area contributed by atoms with E-state index in [1.54, 1.807) is 24.3 Å². The Labute approximate surface area is 152 Å². The maximum Gasteiger partial charge on any atom is 0.344 e. The van der Waals surface area contributed by atoms with Gasteiger partial charge in [-0.15, -0.1) is 0 Å². The molecule has 8 heteroatoms. The van der Waals surface area contributed by atoms with Gasteiger partial charge in [-0.1, -0.05) is 24.3 Å². The Balaban J connectivity index is 2.00. The molecule has 0 bridgehead atoms. The maximum absolute atomic E-state index is 12.8. The number of hydrogen-bond acceptors (Lipinski definition) is 7. The van der Waals surface area contributed by atoms with Crippen molar-refractivity contribution in [1.82, 2.24) is 0 Å². The molecule has 0 amide bonds. The van der Waals surface area contributed by atoms with Gasteiger partial charge in [-0.3, -0.25) is 10.1 Å². The summed E-state index contributed by atoms with van der Waals surface area (Å²) >= 11 is 0. The molecular weight excluding hydrogens is 354 g/mol. The van der Waals surface area contributed by atoms with Gasteiger partial charge in [-0.2, -0.15) is 0 Å². The highest BCUT2D eigenvalue weighted by atomic mass is 16.6. The molecule has 2 heterocycles. The number of ether oxygens (including phenoxy) is 2. The molecule has 0 atom stereocenters. The lowest BCUT2D eigenvalue weighted by Crippen LogP contribution is -2.12. The zero-order valence-corrected chi connectivity index (χ0v) is 13.7. The lowest BCUT2D eigenvalue weighted by molar-refractivity contribution is -0.384. The van der Waals surface area contributed by atoms with E-state index in [4.69, 9.17) is 13.9 Å². The zero-order valence-electron chi connectivity index (χ0n) is 13.7. The van der Waals surface area contributed by atoms with Gasteiger partial charge in [0.05, 0.1) is 16.7 Å². The Hall–Kier alpha value is -3.94. The smallest absolute Gasteiger partial charge is 0.344 e. The van der Waals surface area contributed by atoms with Gasteiger partial charge >= 0.3 is 11.9 Å². The predicted octanol–water partition coefficient (Wildman–Crippen LogP) is 3.74. The average molecular weight is 365 g/mol. The number of benzene rings is 2. The third kappa shape index (κ3) is 2.82. The molecule has 8 nitrogen and oxygen atoms in total. The minimum atomic E-state index is -0.808. The van der Waals surface area contributed by atoms with Crippen LogP contribution in [0.2, 0.25) is 0 Å². The number of esters is 2. The first-order valence-corrected chi connectivity index (χ1v) is 7.88. The van der Waals surface area contributed by atoms with Crippen LogP contribution in [0.15, 0.2) is 59.2 Å². The van der Waals surface area contributed by atoms with E-state index in [1.165, 1.54) is 30.5 Å². The van der Waals surface area contributed by atoms with Crippen LogP contribution in [0.5, 0.6) is 5.75 Å². The highest BCUT2D eigenvalue weighted by Crippen LogP contribution is 2.37. The molecule has 27 heavy (non-hydrogen) atoms. The quantitative estimate of drug-likeness (QED) is 0.280. The van der Waals surface area contributed by atoms with Crippen LogP contribution in [0.3, 0.4) is 0 Å². The Morgan fingerprint density at radius 3 is 2.56 bits per heavy atom. The van der Waals surface area contributed by atoms with E-state index in [-0.39, 0.29) is 40.5 Å². The van der Waals surface area contributed by atoms with Crippen LogP contribution in [0.4, 0.5) is 5.69 Å². The van der Waals surface area contributed by atoms with Crippen molar-refractivity contribution in [2.24, 2.45) is 0 Å². The molecule has 2 aromatic carbocycles. The second-order valence-electron chi connectivity index (χ2n) is 5.69. The number of para-hydroxylation sites is 1. The lowest BCUT2D eigenvalue weighted by atomic mass is 10.0. The van der Waals surface area contributed by atoms with E-state index in [1.807, 2.05) is 0 Å². The van der Waals surface area contributed by atoms with Crippen molar-refractivity contribution >= 4 is 17.6 Å². The number of cyclic esters (lactones) is 1. The van der Waals surface area contributed by atoms with Gasteiger partial charge in [0.1, 0.15) is 23.5 Å². The molecule has 0 fully saturated rings. The standard InChI is InChI=1S/C19H11NO7/c21-18-13-8-9-25-17(13)16-12(5-3-6-14(16)20(23)24)19(22)27-15-7-2-1-4-11(15)10-26-18/h1-9H,10H2. The highest BCUT2D eigenvalue weighted by molar-refractivity contribution is 6.04. The molecule has 0 N–H and O–H groups in total. The van der Waals surface area contributed by atoms with Crippen molar-refractivity contribution in [2.45, 2.75) is 6.61 Å². The van der Waals surface area contributed by atoms with Crippen LogP contribution < -0.4 is 4.74 Å². The van der Waals surface area contributed by atoms with E-state index in [9.17, 15) is 19.7 Å². The fourth-order valence-corrected chi connectivity index (χ4v) is 2.86. The number of furan rings is 1. The van der Waals surface area contributed by atoms with E-state index in [2.05, 4.69) is 0 Å². The van der Waals surface area contributed by atoms with E-state index in [0.717, 1.165) is 0 Å². The molecular formula is C19H11NO7. The van der Waals surface area contributed by atoms with Gasteiger partial charge in [0.15, 0.2) is 5.76 Å². The number of rotatable bonds is 1. The lowest BCUT2D eigenvalue weighted by Gasteiger charge is -2.10.